The molecule has 2 aromatic carbocycles. The number of aliphatic hydroxyl groups excluding tert-OH is 2. The third-order valence-electron chi connectivity index (χ3n) is 13.2. The molecule has 2 heterocycles. The second-order valence-corrected chi connectivity index (χ2v) is 17.0. The van der Waals surface area contributed by atoms with Gasteiger partial charge in [0.15, 0.2) is 23.6 Å². The highest BCUT2D eigenvalue weighted by molar-refractivity contribution is 5.96. The molecule has 3 aromatic rings. The van der Waals surface area contributed by atoms with E-state index in [9.17, 15) is 39.3 Å². The van der Waals surface area contributed by atoms with Crippen LogP contribution in [-0.4, -0.2) is 105 Å². The molecule has 3 aliphatic carbocycles. The summed E-state index contributed by atoms with van der Waals surface area (Å²) in [7, 11) is 0. The van der Waals surface area contributed by atoms with E-state index < -0.39 is 113 Å². The van der Waals surface area contributed by atoms with Gasteiger partial charge in [-0.05, 0) is 61.4 Å². The number of hydrogen-bond donors (Lipinski definition) is 4. The molecule has 61 heavy (non-hydrogen) atoms. The van der Waals surface area contributed by atoms with Gasteiger partial charge in [-0.25, -0.2) is 9.59 Å². The van der Waals surface area contributed by atoms with Crippen molar-refractivity contribution < 1.29 is 72.2 Å². The number of Topliss-reactive ketones (excluding diaryl/α,β-unsaturated/α-hetero) is 1. The summed E-state index contributed by atoms with van der Waals surface area (Å²) in [5.41, 5.74) is -7.50. The van der Waals surface area contributed by atoms with Gasteiger partial charge in [0.2, 0.25) is 0 Å². The van der Waals surface area contributed by atoms with Gasteiger partial charge in [-0.2, -0.15) is 0 Å². The number of ether oxygens (including phenoxy) is 5. The zero-order valence-electron chi connectivity index (χ0n) is 34.5. The normalized spacial score (nSPS) is 32.2. The van der Waals surface area contributed by atoms with Gasteiger partial charge in [0.05, 0.1) is 35.9 Å². The lowest BCUT2D eigenvalue weighted by atomic mass is 9.44. The topological polar surface area (TPSA) is 234 Å². The quantitative estimate of drug-likeness (QED) is 0.130. The maximum absolute atomic E-state index is 15.4. The Morgan fingerprint density at radius 3 is 2.07 bits per heavy atom. The highest BCUT2D eigenvalue weighted by atomic mass is 16.6. The smallest absolute Gasteiger partial charge is 0.338 e. The Morgan fingerprint density at radius 2 is 1.51 bits per heavy atom. The second-order valence-electron chi connectivity index (χ2n) is 17.0. The van der Waals surface area contributed by atoms with Gasteiger partial charge in [-0.3, -0.25) is 19.2 Å². The first-order chi connectivity index (χ1) is 28.8. The number of aliphatic hydroxyl groups is 3. The van der Waals surface area contributed by atoms with Crippen LogP contribution >= 0.6 is 0 Å². The van der Waals surface area contributed by atoms with Gasteiger partial charge >= 0.3 is 23.9 Å². The zero-order chi connectivity index (χ0) is 44.2. The van der Waals surface area contributed by atoms with Gasteiger partial charge in [-0.1, -0.05) is 50.2 Å². The van der Waals surface area contributed by atoms with E-state index in [-0.39, 0.29) is 41.1 Å². The summed E-state index contributed by atoms with van der Waals surface area (Å²) in [6.07, 6.45) is -9.38. The molecule has 3 fully saturated rings. The van der Waals surface area contributed by atoms with E-state index in [0.29, 0.717) is 0 Å². The van der Waals surface area contributed by atoms with Crippen molar-refractivity contribution in [2.24, 2.45) is 16.7 Å². The molecule has 2 bridgehead atoms. The van der Waals surface area contributed by atoms with E-state index in [0.717, 1.165) is 13.8 Å². The van der Waals surface area contributed by atoms with E-state index in [2.05, 4.69) is 5.32 Å². The van der Waals surface area contributed by atoms with E-state index >= 15 is 4.79 Å². The third kappa shape index (κ3) is 7.14. The van der Waals surface area contributed by atoms with Crippen LogP contribution in [0.1, 0.15) is 86.9 Å². The van der Waals surface area contributed by atoms with Crippen LogP contribution in [0, 0.1) is 16.7 Å². The molecular weight excluding hydrogens is 794 g/mol. The molecule has 1 saturated heterocycles. The molecule has 7 rings (SSSR count). The van der Waals surface area contributed by atoms with Crippen molar-refractivity contribution in [2.45, 2.75) is 108 Å². The molecule has 11 atom stereocenters. The number of esters is 4. The summed E-state index contributed by atoms with van der Waals surface area (Å²) in [6, 6.07) is 17.3. The van der Waals surface area contributed by atoms with E-state index in [1.807, 2.05) is 0 Å². The predicted molar refractivity (Wildman–Crippen MR) is 210 cm³/mol. The minimum atomic E-state index is -2.40. The number of rotatable bonds is 10. The number of carbonyl (C=O) groups excluding carboxylic acids is 6. The Labute approximate surface area is 351 Å². The van der Waals surface area contributed by atoms with Crippen molar-refractivity contribution in [2.75, 3.05) is 6.61 Å². The molecule has 4 N–H and O–H groups in total. The van der Waals surface area contributed by atoms with Gasteiger partial charge in [0.25, 0.3) is 5.91 Å². The van der Waals surface area contributed by atoms with Crippen LogP contribution < -0.4 is 5.32 Å². The van der Waals surface area contributed by atoms with Crippen LogP contribution in [0.15, 0.2) is 94.6 Å². The minimum absolute atomic E-state index is 0.00830. The Morgan fingerprint density at radius 1 is 0.869 bits per heavy atom. The number of carbonyl (C=O) groups is 6. The number of nitrogens with one attached hydrogen (secondary N) is 1. The predicted octanol–water partition coefficient (Wildman–Crippen LogP) is 3.33. The Hall–Kier alpha value is -5.68. The number of amides is 1. The average molecular weight is 844 g/mol. The highest BCUT2D eigenvalue weighted by Gasteiger charge is 2.78. The molecule has 1 aliphatic heterocycles. The summed E-state index contributed by atoms with van der Waals surface area (Å²) in [4.78, 5) is 83.1. The molecule has 4 aliphatic rings. The first-order valence-electron chi connectivity index (χ1n) is 20.0. The Kier molecular flexibility index (Phi) is 11.4. The second kappa shape index (κ2) is 16.0. The average Bonchev–Trinajstić information content (AvgIpc) is 3.76. The monoisotopic (exact) mass is 843 g/mol. The molecule has 0 unspecified atom stereocenters. The van der Waals surface area contributed by atoms with Crippen LogP contribution in [0.5, 0.6) is 0 Å². The molecular formula is C45H49NO15. The van der Waals surface area contributed by atoms with Crippen molar-refractivity contribution in [1.29, 1.82) is 0 Å². The number of ketones is 1. The Balaban J connectivity index is 1.38. The van der Waals surface area contributed by atoms with Crippen molar-refractivity contribution in [3.05, 3.63) is 107 Å². The molecule has 1 amide bonds. The van der Waals surface area contributed by atoms with Crippen LogP contribution in [0.3, 0.4) is 0 Å². The largest absolute Gasteiger partial charge is 0.467 e. The number of benzene rings is 2. The maximum Gasteiger partial charge on any atom is 0.338 e. The van der Waals surface area contributed by atoms with Gasteiger partial charge in [0, 0.05) is 37.7 Å². The van der Waals surface area contributed by atoms with Gasteiger partial charge < -0.3 is 48.7 Å². The van der Waals surface area contributed by atoms with Crippen LogP contribution in [-0.2, 0) is 42.9 Å². The van der Waals surface area contributed by atoms with Crippen molar-refractivity contribution in [1.82, 2.24) is 5.32 Å². The van der Waals surface area contributed by atoms with Crippen LogP contribution in [0.2, 0.25) is 0 Å². The number of hydrogen-bond acceptors (Lipinski definition) is 15. The molecule has 0 radical (unpaired) electrons. The van der Waals surface area contributed by atoms with Crippen molar-refractivity contribution in [3.8, 4) is 0 Å². The van der Waals surface area contributed by atoms with E-state index in [4.69, 9.17) is 28.1 Å². The maximum atomic E-state index is 15.4. The van der Waals surface area contributed by atoms with Crippen molar-refractivity contribution >= 4 is 35.6 Å². The number of furan rings is 1. The molecule has 2 saturated carbocycles. The standard InChI is InChI=1S/C45H49NO15/c1-23-29(59-41(54)34(50)33(28-18-13-19-56-28)46-39(52)26-14-9-7-10-15-26)21-45(55)38(60-40(53)27-16-11-8-12-17-27)36-43(6,30(49)20-31-44(36,22-57-31)61-25(3)48)37(51)35(58-24(2)47)32(23)42(45,4)5/h7-19,29-31,33-36,38,49-50,55H,20-22H2,1-6H3,(H,46,52)/t29-,30-,31+,33+,34+,35+,36-,38-,43+,44-,45+/m0/s1. The Bertz CT molecular complexity index is 2240. The summed E-state index contributed by atoms with van der Waals surface area (Å²) in [5, 5.41) is 39.9. The zero-order valence-corrected chi connectivity index (χ0v) is 34.5. The SMILES string of the molecule is CC(=O)O[C@H]1C(=O)[C@@]2(C)[C@H]([C@H](OC(=O)c3ccccc3)[C@]3(O)C[C@H](OC(=O)[C@H](O)[C@H](NC(=O)c4ccccc4)c4ccco4)C(C)=C1C3(C)C)[C@]1(OC(C)=O)CO[C@@H]1C[C@@H]2O. The fourth-order valence-electron chi connectivity index (χ4n) is 9.95. The fourth-order valence-corrected chi connectivity index (χ4v) is 9.95. The first kappa shape index (κ1) is 43.4. The first-order valence-corrected chi connectivity index (χ1v) is 20.0. The molecule has 324 valence electrons. The molecule has 1 aromatic heterocycles. The summed E-state index contributed by atoms with van der Waals surface area (Å²) in [6.45, 7) is 7.90. The van der Waals surface area contributed by atoms with E-state index in [1.54, 1.807) is 50.2 Å². The summed E-state index contributed by atoms with van der Waals surface area (Å²) < 4.78 is 35.6. The molecule has 0 spiro atoms. The summed E-state index contributed by atoms with van der Waals surface area (Å²) in [5.74, 6) is -6.98. The highest BCUT2D eigenvalue weighted by Crippen LogP contribution is 2.64. The molecule has 16 nitrogen and oxygen atoms in total. The lowest BCUT2D eigenvalue weighted by molar-refractivity contribution is -0.346. The van der Waals surface area contributed by atoms with Gasteiger partial charge in [0.1, 0.15) is 35.7 Å². The summed E-state index contributed by atoms with van der Waals surface area (Å²) >= 11 is 0. The fraction of sp³-hybridized carbons (Fsp3) is 0.467. The molecule has 16 heteroatoms. The van der Waals surface area contributed by atoms with Crippen LogP contribution in [0.25, 0.3) is 0 Å². The lowest BCUT2D eigenvalue weighted by Crippen LogP contribution is -2.82. The lowest BCUT2D eigenvalue weighted by Gasteiger charge is -2.67. The van der Waals surface area contributed by atoms with Gasteiger partial charge in [-0.15, -0.1) is 0 Å². The number of fused-ring (bicyclic) bond motifs is 5. The van der Waals surface area contributed by atoms with Crippen molar-refractivity contribution in [3.63, 3.8) is 0 Å². The minimum Gasteiger partial charge on any atom is -0.467 e. The van der Waals surface area contributed by atoms with Crippen LogP contribution in [0.4, 0.5) is 0 Å². The van der Waals surface area contributed by atoms with E-state index in [1.165, 1.54) is 56.5 Å². The third-order valence-corrected chi connectivity index (χ3v) is 13.2.